The van der Waals surface area contributed by atoms with Gasteiger partial charge in [-0.05, 0) is 38.3 Å². The van der Waals surface area contributed by atoms with Gasteiger partial charge in [-0.1, -0.05) is 13.0 Å². The molecule has 0 amide bonds. The Labute approximate surface area is 104 Å². The van der Waals surface area contributed by atoms with Crippen LogP contribution in [0.3, 0.4) is 0 Å². The van der Waals surface area contributed by atoms with E-state index in [0.29, 0.717) is 6.04 Å². The average Bonchev–Trinajstić information content (AvgIpc) is 2.74. The molecule has 1 unspecified atom stereocenters. The predicted molar refractivity (Wildman–Crippen MR) is 72.7 cm³/mol. The van der Waals surface area contributed by atoms with Crippen LogP contribution in [0.4, 0.5) is 11.4 Å². The van der Waals surface area contributed by atoms with Crippen LogP contribution < -0.4 is 15.4 Å². The van der Waals surface area contributed by atoms with Crippen LogP contribution in [0.5, 0.6) is 5.75 Å². The monoisotopic (exact) mass is 234 g/mol. The number of anilines is 2. The van der Waals surface area contributed by atoms with E-state index in [2.05, 4.69) is 24.8 Å². The molecule has 0 aliphatic carbocycles. The molecule has 0 radical (unpaired) electrons. The van der Waals surface area contributed by atoms with E-state index >= 15 is 0 Å². The molecule has 0 bridgehead atoms. The molecule has 94 valence electrons. The zero-order valence-electron chi connectivity index (χ0n) is 10.8. The zero-order valence-corrected chi connectivity index (χ0v) is 10.8. The fourth-order valence-corrected chi connectivity index (χ4v) is 2.41. The van der Waals surface area contributed by atoms with Gasteiger partial charge in [0, 0.05) is 12.6 Å². The first-order chi connectivity index (χ1) is 8.24. The molecule has 1 saturated heterocycles. The lowest BCUT2D eigenvalue weighted by Crippen LogP contribution is -2.27. The van der Waals surface area contributed by atoms with Crippen molar-refractivity contribution in [3.05, 3.63) is 18.2 Å². The van der Waals surface area contributed by atoms with Crippen LogP contribution in [0.1, 0.15) is 33.1 Å². The van der Waals surface area contributed by atoms with Crippen LogP contribution >= 0.6 is 0 Å². The second kappa shape index (κ2) is 5.30. The Hall–Kier alpha value is -1.38. The summed E-state index contributed by atoms with van der Waals surface area (Å²) < 4.78 is 5.67. The number of hydrogen-bond donors (Lipinski definition) is 1. The third kappa shape index (κ3) is 2.48. The van der Waals surface area contributed by atoms with Crippen LogP contribution in [-0.4, -0.2) is 19.2 Å². The third-order valence-electron chi connectivity index (χ3n) is 3.37. The number of hydrogen-bond acceptors (Lipinski definition) is 3. The Balaban J connectivity index is 2.22. The molecule has 3 nitrogen and oxygen atoms in total. The maximum atomic E-state index is 6.20. The SMILES string of the molecule is CCCOc1cccc(N2CCCC2C)c1N. The molecule has 1 aliphatic rings. The quantitative estimate of drug-likeness (QED) is 0.814. The van der Waals surface area contributed by atoms with Crippen LogP contribution in [0.15, 0.2) is 18.2 Å². The molecule has 2 N–H and O–H groups in total. The van der Waals surface area contributed by atoms with Crippen LogP contribution in [0, 0.1) is 0 Å². The summed E-state index contributed by atoms with van der Waals surface area (Å²) in [5, 5.41) is 0. The van der Waals surface area contributed by atoms with Gasteiger partial charge in [-0.2, -0.15) is 0 Å². The molecule has 1 aromatic rings. The predicted octanol–water partition coefficient (Wildman–Crippen LogP) is 3.05. The first-order valence-corrected chi connectivity index (χ1v) is 6.52. The van der Waals surface area contributed by atoms with E-state index in [1.165, 1.54) is 12.8 Å². The minimum atomic E-state index is 0.582. The highest BCUT2D eigenvalue weighted by Gasteiger charge is 2.23. The molecule has 3 heteroatoms. The fourth-order valence-electron chi connectivity index (χ4n) is 2.41. The highest BCUT2D eigenvalue weighted by Crippen LogP contribution is 2.35. The van der Waals surface area contributed by atoms with Crippen LogP contribution in [0.25, 0.3) is 0 Å². The molecule has 1 atom stereocenters. The summed E-state index contributed by atoms with van der Waals surface area (Å²) in [6, 6.07) is 6.66. The van der Waals surface area contributed by atoms with Gasteiger partial charge in [0.15, 0.2) is 0 Å². The third-order valence-corrected chi connectivity index (χ3v) is 3.37. The number of nitrogens with zero attached hydrogens (tertiary/aromatic N) is 1. The highest BCUT2D eigenvalue weighted by atomic mass is 16.5. The van der Waals surface area contributed by atoms with Crippen LogP contribution in [-0.2, 0) is 0 Å². The summed E-state index contributed by atoms with van der Waals surface area (Å²) >= 11 is 0. The van der Waals surface area contributed by atoms with E-state index in [9.17, 15) is 0 Å². The highest BCUT2D eigenvalue weighted by molar-refractivity contribution is 5.74. The van der Waals surface area contributed by atoms with Crippen molar-refractivity contribution in [1.82, 2.24) is 0 Å². The Morgan fingerprint density at radius 2 is 2.29 bits per heavy atom. The van der Waals surface area contributed by atoms with Crippen molar-refractivity contribution in [3.63, 3.8) is 0 Å². The minimum Gasteiger partial charge on any atom is -0.491 e. The summed E-state index contributed by atoms with van der Waals surface area (Å²) in [6.07, 6.45) is 3.50. The van der Waals surface area contributed by atoms with Gasteiger partial charge >= 0.3 is 0 Å². The van der Waals surface area contributed by atoms with Crippen molar-refractivity contribution in [2.75, 3.05) is 23.8 Å². The normalized spacial score (nSPS) is 19.6. The van der Waals surface area contributed by atoms with E-state index in [0.717, 1.165) is 36.7 Å². The summed E-state index contributed by atoms with van der Waals surface area (Å²) in [4.78, 5) is 2.38. The number of ether oxygens (including phenoxy) is 1. The second-order valence-electron chi connectivity index (χ2n) is 4.72. The minimum absolute atomic E-state index is 0.582. The lowest BCUT2D eigenvalue weighted by Gasteiger charge is -2.26. The van der Waals surface area contributed by atoms with E-state index in [1.54, 1.807) is 0 Å². The van der Waals surface area contributed by atoms with Crippen LogP contribution in [0.2, 0.25) is 0 Å². The smallest absolute Gasteiger partial charge is 0.144 e. The van der Waals surface area contributed by atoms with Crippen molar-refractivity contribution >= 4 is 11.4 Å². The van der Waals surface area contributed by atoms with Gasteiger partial charge < -0.3 is 15.4 Å². The summed E-state index contributed by atoms with van der Waals surface area (Å²) in [5.41, 5.74) is 8.11. The number of nitrogens with two attached hydrogens (primary N) is 1. The number of rotatable bonds is 4. The number of para-hydroxylation sites is 1. The largest absolute Gasteiger partial charge is 0.491 e. The molecule has 0 aromatic heterocycles. The average molecular weight is 234 g/mol. The van der Waals surface area contributed by atoms with Gasteiger partial charge in [0.1, 0.15) is 5.75 Å². The molecule has 17 heavy (non-hydrogen) atoms. The molecule has 0 saturated carbocycles. The molecule has 1 aliphatic heterocycles. The fraction of sp³-hybridized carbons (Fsp3) is 0.571. The van der Waals surface area contributed by atoms with Crippen molar-refractivity contribution < 1.29 is 4.74 Å². The van der Waals surface area contributed by atoms with Crippen molar-refractivity contribution in [1.29, 1.82) is 0 Å². The Morgan fingerprint density at radius 3 is 2.94 bits per heavy atom. The number of benzene rings is 1. The standard InChI is InChI=1S/C14H22N2O/c1-3-10-17-13-8-4-7-12(14(13)15)16-9-5-6-11(16)2/h4,7-8,11H,3,5-6,9-10,15H2,1-2H3. The Morgan fingerprint density at radius 1 is 1.47 bits per heavy atom. The molecular formula is C14H22N2O. The maximum Gasteiger partial charge on any atom is 0.144 e. The van der Waals surface area contributed by atoms with Gasteiger partial charge in [-0.15, -0.1) is 0 Å². The molecule has 2 rings (SSSR count). The van der Waals surface area contributed by atoms with Gasteiger partial charge in [-0.3, -0.25) is 0 Å². The van der Waals surface area contributed by atoms with Gasteiger partial charge in [0.25, 0.3) is 0 Å². The van der Waals surface area contributed by atoms with E-state index < -0.39 is 0 Å². The number of nitrogen functional groups attached to an aromatic ring is 1. The van der Waals surface area contributed by atoms with Crippen molar-refractivity contribution in [3.8, 4) is 5.75 Å². The molecule has 1 aromatic carbocycles. The zero-order chi connectivity index (χ0) is 12.3. The molecule has 0 spiro atoms. The lowest BCUT2D eigenvalue weighted by atomic mass is 10.2. The van der Waals surface area contributed by atoms with E-state index in [1.807, 2.05) is 12.1 Å². The molecular weight excluding hydrogens is 212 g/mol. The topological polar surface area (TPSA) is 38.5 Å². The molecule has 1 heterocycles. The first-order valence-electron chi connectivity index (χ1n) is 6.52. The Bertz CT molecular complexity index is 378. The summed E-state index contributed by atoms with van der Waals surface area (Å²) in [5.74, 6) is 0.823. The summed E-state index contributed by atoms with van der Waals surface area (Å²) in [7, 11) is 0. The van der Waals surface area contributed by atoms with Crippen molar-refractivity contribution in [2.45, 2.75) is 39.2 Å². The first kappa shape index (κ1) is 12.1. The second-order valence-corrected chi connectivity index (χ2v) is 4.72. The maximum absolute atomic E-state index is 6.20. The Kier molecular flexibility index (Phi) is 3.77. The lowest BCUT2D eigenvalue weighted by molar-refractivity contribution is 0.319. The van der Waals surface area contributed by atoms with Gasteiger partial charge in [0.05, 0.1) is 18.0 Å². The van der Waals surface area contributed by atoms with E-state index in [4.69, 9.17) is 10.5 Å². The van der Waals surface area contributed by atoms with Crippen molar-refractivity contribution in [2.24, 2.45) is 0 Å². The van der Waals surface area contributed by atoms with Gasteiger partial charge in [0.2, 0.25) is 0 Å². The summed E-state index contributed by atoms with van der Waals surface area (Å²) in [6.45, 7) is 6.18. The molecule has 1 fully saturated rings. The van der Waals surface area contributed by atoms with Gasteiger partial charge in [-0.25, -0.2) is 0 Å². The van der Waals surface area contributed by atoms with E-state index in [-0.39, 0.29) is 0 Å².